The lowest BCUT2D eigenvalue weighted by atomic mass is 9.79. The van der Waals surface area contributed by atoms with Crippen LogP contribution in [-0.2, 0) is 14.4 Å². The summed E-state index contributed by atoms with van der Waals surface area (Å²) in [6.07, 6.45) is 0.566. The molecule has 4 aliphatic rings. The van der Waals surface area contributed by atoms with E-state index >= 15 is 0 Å². The van der Waals surface area contributed by atoms with E-state index in [1.807, 2.05) is 11.8 Å². The van der Waals surface area contributed by atoms with Crippen LogP contribution >= 0.6 is 11.8 Å². The molecule has 3 fully saturated rings. The number of aliphatic imine (C=N–C) groups is 1. The molecule has 0 aromatic carbocycles. The lowest BCUT2D eigenvalue weighted by Gasteiger charge is -2.46. The number of amides is 2. The van der Waals surface area contributed by atoms with E-state index < -0.39 is 18.0 Å². The number of aliphatic hydroxyl groups excluding tert-OH is 1. The first-order valence-electron chi connectivity index (χ1n) is 11.1. The first kappa shape index (κ1) is 23.1. The number of amidine groups is 1. The van der Waals surface area contributed by atoms with Crippen LogP contribution in [0.3, 0.4) is 0 Å². The fourth-order valence-corrected chi connectivity index (χ4v) is 6.87. The van der Waals surface area contributed by atoms with Crippen molar-refractivity contribution >= 4 is 35.4 Å². The lowest BCUT2D eigenvalue weighted by molar-refractivity contribution is -0.163. The van der Waals surface area contributed by atoms with Gasteiger partial charge in [-0.1, -0.05) is 6.92 Å². The molecule has 5 N–H and O–H groups in total. The van der Waals surface area contributed by atoms with Gasteiger partial charge in [0.05, 0.1) is 36.0 Å². The molecule has 7 atom stereocenters. The summed E-state index contributed by atoms with van der Waals surface area (Å²) >= 11 is 1.45. The summed E-state index contributed by atoms with van der Waals surface area (Å²) in [5.74, 6) is -1.64. The second kappa shape index (κ2) is 8.68. The van der Waals surface area contributed by atoms with Crippen LogP contribution in [0.4, 0.5) is 0 Å². The molecule has 3 saturated heterocycles. The smallest absolute Gasteiger partial charge is 0.353 e. The van der Waals surface area contributed by atoms with Gasteiger partial charge >= 0.3 is 5.97 Å². The van der Waals surface area contributed by atoms with Crippen molar-refractivity contribution in [3.05, 3.63) is 10.6 Å². The van der Waals surface area contributed by atoms with E-state index in [2.05, 4.69) is 10.3 Å². The molecule has 10 nitrogen and oxygen atoms in total. The maximum absolute atomic E-state index is 13.0. The second-order valence-corrected chi connectivity index (χ2v) is 10.5. The van der Waals surface area contributed by atoms with E-state index in [-0.39, 0.29) is 46.8 Å². The van der Waals surface area contributed by atoms with Gasteiger partial charge in [0.15, 0.2) is 0 Å². The van der Waals surface area contributed by atoms with Crippen molar-refractivity contribution in [2.45, 2.75) is 63.1 Å². The number of rotatable bonds is 6. The van der Waals surface area contributed by atoms with Gasteiger partial charge in [-0.3, -0.25) is 14.6 Å². The van der Waals surface area contributed by atoms with E-state index in [0.29, 0.717) is 36.8 Å². The number of aliphatic hydroxyl groups is 1. The minimum absolute atomic E-state index is 0.0252. The summed E-state index contributed by atoms with van der Waals surface area (Å²) in [6, 6.07) is -0.596. The number of likely N-dealkylation sites (tertiary alicyclic amines) is 1. The Morgan fingerprint density at radius 1 is 1.38 bits per heavy atom. The number of hydrogen-bond donors (Lipinski definition) is 4. The van der Waals surface area contributed by atoms with E-state index in [9.17, 15) is 24.6 Å². The Labute approximate surface area is 191 Å². The van der Waals surface area contributed by atoms with Gasteiger partial charge in [0, 0.05) is 35.7 Å². The molecule has 0 aliphatic carbocycles. The monoisotopic (exact) mass is 465 g/mol. The number of aliphatic carboxylic acids is 1. The Hall–Kier alpha value is -2.11. The molecular weight excluding hydrogens is 434 g/mol. The predicted octanol–water partition coefficient (Wildman–Crippen LogP) is -0.418. The molecule has 4 aliphatic heterocycles. The quantitative estimate of drug-likeness (QED) is 0.235. The number of thioether (sulfide) groups is 1. The third-order valence-corrected chi connectivity index (χ3v) is 8.37. The molecule has 4 rings (SSSR count). The third-order valence-electron chi connectivity index (χ3n) is 6.85. The molecule has 0 radical (unpaired) electrons. The van der Waals surface area contributed by atoms with Crippen LogP contribution in [0, 0.1) is 11.8 Å². The summed E-state index contributed by atoms with van der Waals surface area (Å²) < 4.78 is 0. The number of nitrogens with zero attached hydrogens (tertiary/aromatic N) is 3. The Morgan fingerprint density at radius 3 is 2.72 bits per heavy atom. The normalized spacial score (nSPS) is 35.9. The first-order valence-corrected chi connectivity index (χ1v) is 11.9. The molecule has 0 unspecified atom stereocenters. The largest absolute Gasteiger partial charge is 0.477 e. The number of nitrogens with two attached hydrogens (primary N) is 1. The highest BCUT2D eigenvalue weighted by Gasteiger charge is 2.60. The van der Waals surface area contributed by atoms with E-state index in [0.717, 1.165) is 6.42 Å². The highest BCUT2D eigenvalue weighted by Crippen LogP contribution is 2.51. The maximum atomic E-state index is 13.0. The highest BCUT2D eigenvalue weighted by molar-refractivity contribution is 8.03. The Morgan fingerprint density at radius 2 is 2.09 bits per heavy atom. The van der Waals surface area contributed by atoms with Gasteiger partial charge < -0.3 is 31.1 Å². The minimum atomic E-state index is -1.13. The standard InChI is InChI=1S/C21H31N5O5S/c1-9-16-15(10(2)27)20(29)26(16)17(21(30)31)18(9)32-13-6-14(23-7-13)19(28)25-5-4-12(8-25)24-11(3)22/h9-10,12-16,23,27H,4-8H2,1-3H3,(H2,22,24)(H,30,31)/t9-,10-,12+,13+,14+,15-,16-/m1/s1. The summed E-state index contributed by atoms with van der Waals surface area (Å²) in [6.45, 7) is 7.02. The van der Waals surface area contributed by atoms with Crippen molar-refractivity contribution in [2.24, 2.45) is 22.6 Å². The van der Waals surface area contributed by atoms with Crippen LogP contribution in [0.2, 0.25) is 0 Å². The topological polar surface area (TPSA) is 149 Å². The lowest BCUT2D eigenvalue weighted by Crippen LogP contribution is -2.63. The summed E-state index contributed by atoms with van der Waals surface area (Å²) in [7, 11) is 0. The summed E-state index contributed by atoms with van der Waals surface area (Å²) in [5, 5.41) is 23.1. The number of β-lactam (4-membered cyclic amide) rings is 1. The van der Waals surface area contributed by atoms with Crippen LogP contribution in [-0.4, -0.2) is 92.7 Å². The number of nitrogens with one attached hydrogen (secondary N) is 1. The number of carbonyl (C=O) groups is 3. The zero-order valence-electron chi connectivity index (χ0n) is 18.5. The SMILES string of the molecule is CC(N)=N[C@H]1CCN(C(=O)[C@@H]2C[C@H](SC3=C(C(=O)O)N4C(=O)[C@H]([C@@H](C)O)[C@H]4[C@H]3C)CN2)C1. The van der Waals surface area contributed by atoms with Crippen LogP contribution in [0.5, 0.6) is 0 Å². The van der Waals surface area contributed by atoms with Gasteiger partial charge in [0.2, 0.25) is 11.8 Å². The second-order valence-electron chi connectivity index (χ2n) is 9.21. The average molecular weight is 466 g/mol. The molecule has 0 aromatic heterocycles. The van der Waals surface area contributed by atoms with E-state index in [1.54, 1.807) is 13.8 Å². The van der Waals surface area contributed by atoms with Crippen LogP contribution in [0.25, 0.3) is 0 Å². The highest BCUT2D eigenvalue weighted by atomic mass is 32.2. The van der Waals surface area contributed by atoms with Crippen molar-refractivity contribution in [1.82, 2.24) is 15.1 Å². The van der Waals surface area contributed by atoms with Crippen molar-refractivity contribution < 1.29 is 24.6 Å². The molecule has 0 saturated carbocycles. The Bertz CT molecular complexity index is 886. The van der Waals surface area contributed by atoms with Crippen molar-refractivity contribution in [1.29, 1.82) is 0 Å². The maximum Gasteiger partial charge on any atom is 0.353 e. The van der Waals surface area contributed by atoms with E-state index in [4.69, 9.17) is 5.73 Å². The van der Waals surface area contributed by atoms with Gasteiger partial charge in [-0.25, -0.2) is 4.79 Å². The van der Waals surface area contributed by atoms with Crippen LogP contribution in [0.15, 0.2) is 15.6 Å². The van der Waals surface area contributed by atoms with E-state index in [1.165, 1.54) is 16.7 Å². The fourth-order valence-electron chi connectivity index (χ4n) is 5.40. The molecule has 0 aromatic rings. The van der Waals surface area contributed by atoms with Gasteiger partial charge in [-0.2, -0.15) is 0 Å². The zero-order chi connectivity index (χ0) is 23.3. The number of fused-ring (bicyclic) bond motifs is 1. The summed E-state index contributed by atoms with van der Waals surface area (Å²) in [5.41, 5.74) is 5.69. The van der Waals surface area contributed by atoms with Gasteiger partial charge in [-0.05, 0) is 26.7 Å². The number of hydrogen-bond acceptors (Lipinski definition) is 7. The number of carboxylic acid groups (broad SMARTS) is 1. The van der Waals surface area contributed by atoms with Gasteiger partial charge in [0.1, 0.15) is 5.70 Å². The average Bonchev–Trinajstić information content (AvgIpc) is 3.40. The number of carboxylic acids is 1. The minimum Gasteiger partial charge on any atom is -0.477 e. The van der Waals surface area contributed by atoms with Crippen molar-refractivity contribution in [3.63, 3.8) is 0 Å². The first-order chi connectivity index (χ1) is 15.1. The molecule has 11 heteroatoms. The predicted molar refractivity (Wildman–Crippen MR) is 120 cm³/mol. The molecule has 0 spiro atoms. The molecule has 176 valence electrons. The third kappa shape index (κ3) is 3.90. The molecule has 2 amide bonds. The molecule has 0 bridgehead atoms. The Balaban J connectivity index is 1.41. The van der Waals surface area contributed by atoms with Crippen molar-refractivity contribution in [2.75, 3.05) is 19.6 Å². The molecule has 32 heavy (non-hydrogen) atoms. The van der Waals surface area contributed by atoms with Gasteiger partial charge in [-0.15, -0.1) is 11.8 Å². The van der Waals surface area contributed by atoms with Crippen LogP contribution in [0.1, 0.15) is 33.6 Å². The molecular formula is C21H31N5O5S. The van der Waals surface area contributed by atoms with Gasteiger partial charge in [0.25, 0.3) is 0 Å². The molecule has 4 heterocycles. The zero-order valence-corrected chi connectivity index (χ0v) is 19.3. The fraction of sp³-hybridized carbons (Fsp3) is 0.714. The Kier molecular flexibility index (Phi) is 6.25. The van der Waals surface area contributed by atoms with Crippen LogP contribution < -0.4 is 11.1 Å². The summed E-state index contributed by atoms with van der Waals surface area (Å²) in [4.78, 5) is 45.6. The number of carbonyl (C=O) groups excluding carboxylic acids is 2. The van der Waals surface area contributed by atoms with Crippen molar-refractivity contribution in [3.8, 4) is 0 Å².